The third-order valence-corrected chi connectivity index (χ3v) is 4.90. The van der Waals surface area contributed by atoms with Crippen molar-refractivity contribution in [2.24, 2.45) is 0 Å². The first-order valence-electron chi connectivity index (χ1n) is 9.88. The van der Waals surface area contributed by atoms with Gasteiger partial charge < -0.3 is 18.6 Å². The minimum atomic E-state index is -0.376. The maximum atomic E-state index is 13.1. The van der Waals surface area contributed by atoms with Crippen molar-refractivity contribution >= 4 is 22.7 Å². The number of fused-ring (bicyclic) bond motifs is 2. The Bertz CT molecular complexity index is 1270. The summed E-state index contributed by atoms with van der Waals surface area (Å²) in [5.41, 5.74) is 1.36. The van der Waals surface area contributed by atoms with Crippen molar-refractivity contribution in [2.45, 2.75) is 13.3 Å². The van der Waals surface area contributed by atoms with Crippen LogP contribution in [0.2, 0.25) is 0 Å². The van der Waals surface area contributed by atoms with Gasteiger partial charge in [-0.15, -0.1) is 5.10 Å². The number of hydrogen-bond acceptors (Lipinski definition) is 7. The number of carbonyl (C=O) groups is 1. The molecule has 4 aromatic rings. The molecule has 156 valence electrons. The summed E-state index contributed by atoms with van der Waals surface area (Å²) < 4.78 is 22.0. The number of carbonyl (C=O) groups excluding carboxylic acids is 1. The minimum absolute atomic E-state index is 0.0242. The van der Waals surface area contributed by atoms with E-state index in [9.17, 15) is 4.79 Å². The van der Waals surface area contributed by atoms with E-state index in [2.05, 4.69) is 15.5 Å². The number of nitrogens with zero attached hydrogens (tertiary/aromatic N) is 2. The molecule has 1 aliphatic rings. The van der Waals surface area contributed by atoms with Crippen LogP contribution in [0.1, 0.15) is 28.7 Å². The first-order chi connectivity index (χ1) is 15.2. The van der Waals surface area contributed by atoms with Gasteiger partial charge in [-0.25, -0.2) is 0 Å². The van der Waals surface area contributed by atoms with Gasteiger partial charge in [-0.1, -0.05) is 41.5 Å². The van der Waals surface area contributed by atoms with Gasteiger partial charge in [0.2, 0.25) is 12.7 Å². The third-order valence-electron chi connectivity index (χ3n) is 4.90. The normalized spacial score (nSPS) is 12.2. The number of benzene rings is 3. The number of hydrogen-bond donors (Lipinski definition) is 1. The van der Waals surface area contributed by atoms with Crippen molar-refractivity contribution in [3.63, 3.8) is 0 Å². The molecular weight excluding hydrogens is 398 g/mol. The summed E-state index contributed by atoms with van der Waals surface area (Å²) in [6.45, 7) is 2.53. The van der Waals surface area contributed by atoms with Gasteiger partial charge in [0.05, 0.1) is 18.6 Å². The second-order valence-electron chi connectivity index (χ2n) is 6.91. The number of nitrogens with one attached hydrogen (secondary N) is 1. The Morgan fingerprint density at radius 2 is 1.94 bits per heavy atom. The summed E-state index contributed by atoms with van der Waals surface area (Å²) in [6.07, 6.45) is 0.401. The van der Waals surface area contributed by atoms with Crippen LogP contribution in [0, 0.1) is 0 Å². The molecule has 0 saturated carbocycles. The van der Waals surface area contributed by atoms with Crippen LogP contribution in [0.25, 0.3) is 10.8 Å². The fourth-order valence-corrected chi connectivity index (χ4v) is 3.52. The van der Waals surface area contributed by atoms with Crippen LogP contribution in [0.4, 0.5) is 6.01 Å². The molecule has 0 aliphatic carbocycles. The monoisotopic (exact) mass is 417 g/mol. The van der Waals surface area contributed by atoms with Crippen LogP contribution in [0.3, 0.4) is 0 Å². The second kappa shape index (κ2) is 7.98. The zero-order valence-corrected chi connectivity index (χ0v) is 16.8. The Morgan fingerprint density at radius 1 is 1.06 bits per heavy atom. The maximum absolute atomic E-state index is 13.1. The van der Waals surface area contributed by atoms with E-state index in [-0.39, 0.29) is 18.7 Å². The Labute approximate surface area is 177 Å². The van der Waals surface area contributed by atoms with E-state index in [1.165, 1.54) is 0 Å². The molecule has 8 heteroatoms. The van der Waals surface area contributed by atoms with Crippen LogP contribution < -0.4 is 19.5 Å². The third kappa shape index (κ3) is 3.75. The van der Waals surface area contributed by atoms with Crippen molar-refractivity contribution in [3.05, 3.63) is 71.6 Å². The van der Waals surface area contributed by atoms with Gasteiger partial charge in [-0.3, -0.25) is 10.1 Å². The Hall–Kier alpha value is -4.07. The molecule has 0 bridgehead atoms. The molecule has 1 aromatic heterocycles. The predicted octanol–water partition coefficient (Wildman–Crippen LogP) is 4.19. The lowest BCUT2D eigenvalue weighted by Crippen LogP contribution is -2.14. The molecule has 0 saturated heterocycles. The highest BCUT2D eigenvalue weighted by molar-refractivity contribution is 6.14. The van der Waals surface area contributed by atoms with E-state index in [0.717, 1.165) is 16.3 Å². The number of anilines is 1. The van der Waals surface area contributed by atoms with Crippen molar-refractivity contribution in [2.75, 3.05) is 18.7 Å². The Balaban J connectivity index is 1.37. The molecule has 5 rings (SSSR count). The smallest absolute Gasteiger partial charge is 0.322 e. The standard InChI is InChI=1S/C23H19N3O5/c1-2-28-18-10-8-15-5-3-4-6-16(15)21(18)22(27)24-23-26-25-20(31-23)12-14-7-9-17-19(11-14)30-13-29-17/h3-11H,2,12-13H2,1H3,(H,24,26,27). The molecule has 0 spiro atoms. The lowest BCUT2D eigenvalue weighted by molar-refractivity contribution is 0.102. The van der Waals surface area contributed by atoms with E-state index in [1.807, 2.05) is 55.5 Å². The van der Waals surface area contributed by atoms with Crippen LogP contribution in [-0.4, -0.2) is 29.5 Å². The molecule has 0 fully saturated rings. The van der Waals surface area contributed by atoms with Gasteiger partial charge in [0.25, 0.3) is 5.91 Å². The molecule has 2 heterocycles. The quantitative estimate of drug-likeness (QED) is 0.502. The first kappa shape index (κ1) is 18.9. The fourth-order valence-electron chi connectivity index (χ4n) is 3.52. The summed E-state index contributed by atoms with van der Waals surface area (Å²) >= 11 is 0. The molecule has 1 amide bonds. The molecule has 1 N–H and O–H groups in total. The largest absolute Gasteiger partial charge is 0.493 e. The zero-order chi connectivity index (χ0) is 21.2. The van der Waals surface area contributed by atoms with Gasteiger partial charge in [-0.05, 0) is 41.5 Å². The molecule has 8 nitrogen and oxygen atoms in total. The van der Waals surface area contributed by atoms with E-state index in [0.29, 0.717) is 41.7 Å². The maximum Gasteiger partial charge on any atom is 0.322 e. The van der Waals surface area contributed by atoms with Gasteiger partial charge in [0.15, 0.2) is 11.5 Å². The van der Waals surface area contributed by atoms with Crippen molar-refractivity contribution in [3.8, 4) is 17.2 Å². The predicted molar refractivity (Wildman–Crippen MR) is 113 cm³/mol. The summed E-state index contributed by atoms with van der Waals surface area (Å²) in [5, 5.41) is 12.4. The number of aromatic nitrogens is 2. The molecular formula is C23H19N3O5. The summed E-state index contributed by atoms with van der Waals surface area (Å²) in [7, 11) is 0. The van der Waals surface area contributed by atoms with E-state index in [1.54, 1.807) is 6.07 Å². The van der Waals surface area contributed by atoms with E-state index >= 15 is 0 Å². The molecule has 0 unspecified atom stereocenters. The van der Waals surface area contributed by atoms with Crippen LogP contribution in [0.5, 0.6) is 17.2 Å². The first-order valence-corrected chi connectivity index (χ1v) is 9.88. The fraction of sp³-hybridized carbons (Fsp3) is 0.174. The summed E-state index contributed by atoms with van der Waals surface area (Å²) in [6, 6.07) is 17.0. The SMILES string of the molecule is CCOc1ccc2ccccc2c1C(=O)Nc1nnc(Cc2ccc3c(c2)OCO3)o1. The van der Waals surface area contributed by atoms with Gasteiger partial charge in [0, 0.05) is 0 Å². The molecule has 0 atom stereocenters. The van der Waals surface area contributed by atoms with E-state index < -0.39 is 0 Å². The average molecular weight is 417 g/mol. The van der Waals surface area contributed by atoms with Gasteiger partial charge >= 0.3 is 6.01 Å². The van der Waals surface area contributed by atoms with E-state index in [4.69, 9.17) is 18.6 Å². The van der Waals surface area contributed by atoms with Gasteiger partial charge in [-0.2, -0.15) is 0 Å². The molecule has 1 aliphatic heterocycles. The lowest BCUT2D eigenvalue weighted by atomic mass is 10.0. The van der Waals surface area contributed by atoms with Crippen molar-refractivity contribution < 1.29 is 23.4 Å². The molecule has 31 heavy (non-hydrogen) atoms. The number of ether oxygens (including phenoxy) is 3. The van der Waals surface area contributed by atoms with Crippen molar-refractivity contribution in [1.29, 1.82) is 0 Å². The second-order valence-corrected chi connectivity index (χ2v) is 6.91. The lowest BCUT2D eigenvalue weighted by Gasteiger charge is -2.12. The van der Waals surface area contributed by atoms with Gasteiger partial charge in [0.1, 0.15) is 5.75 Å². The van der Waals surface area contributed by atoms with Crippen LogP contribution in [0.15, 0.2) is 59.0 Å². The van der Waals surface area contributed by atoms with Crippen molar-refractivity contribution in [1.82, 2.24) is 10.2 Å². The van der Waals surface area contributed by atoms with Crippen LogP contribution >= 0.6 is 0 Å². The minimum Gasteiger partial charge on any atom is -0.493 e. The Kier molecular flexibility index (Phi) is 4.87. The highest BCUT2D eigenvalue weighted by Gasteiger charge is 2.20. The zero-order valence-electron chi connectivity index (χ0n) is 16.8. The highest BCUT2D eigenvalue weighted by atomic mass is 16.7. The number of amides is 1. The summed E-state index contributed by atoms with van der Waals surface area (Å²) in [5.74, 6) is 1.89. The Morgan fingerprint density at radius 3 is 2.84 bits per heavy atom. The highest BCUT2D eigenvalue weighted by Crippen LogP contribution is 2.33. The summed E-state index contributed by atoms with van der Waals surface area (Å²) in [4.78, 5) is 13.1. The number of rotatable bonds is 6. The molecule has 3 aromatic carbocycles. The topological polar surface area (TPSA) is 95.7 Å². The average Bonchev–Trinajstić information content (AvgIpc) is 3.42. The molecule has 0 radical (unpaired) electrons. The van der Waals surface area contributed by atoms with Crippen LogP contribution in [-0.2, 0) is 6.42 Å².